The van der Waals surface area contributed by atoms with Gasteiger partial charge in [0.05, 0.1) is 18.2 Å². The third-order valence-electron chi connectivity index (χ3n) is 2.62. The van der Waals surface area contributed by atoms with Crippen LogP contribution >= 0.6 is 0 Å². The summed E-state index contributed by atoms with van der Waals surface area (Å²) in [6.07, 6.45) is 0. The lowest BCUT2D eigenvalue weighted by Gasteiger charge is -2.07. The van der Waals surface area contributed by atoms with Gasteiger partial charge in [0.2, 0.25) is 0 Å². The summed E-state index contributed by atoms with van der Waals surface area (Å²) in [7, 11) is 1.29. The maximum Gasteiger partial charge on any atom is 0.338 e. The summed E-state index contributed by atoms with van der Waals surface area (Å²) in [5, 5.41) is 0.645. The van der Waals surface area contributed by atoms with Crippen molar-refractivity contribution in [1.82, 2.24) is 4.98 Å². The zero-order chi connectivity index (χ0) is 13.3. The van der Waals surface area contributed by atoms with Crippen LogP contribution in [0.4, 0.5) is 0 Å². The predicted octanol–water partition coefficient (Wildman–Crippen LogP) is 1.43. The number of aryl methyl sites for hydroxylation is 1. The molecule has 0 aliphatic rings. The van der Waals surface area contributed by atoms with Gasteiger partial charge in [0.15, 0.2) is 0 Å². The Labute approximate surface area is 104 Å². The Morgan fingerprint density at radius 2 is 2.00 bits per heavy atom. The number of primary amides is 1. The van der Waals surface area contributed by atoms with Crippen LogP contribution in [0.2, 0.25) is 0 Å². The van der Waals surface area contributed by atoms with Gasteiger partial charge in [-0.1, -0.05) is 11.6 Å². The molecule has 0 atom stereocenters. The molecule has 2 rings (SSSR count). The fourth-order valence-corrected chi connectivity index (χ4v) is 1.74. The second kappa shape index (κ2) is 4.44. The molecule has 1 aromatic heterocycles. The van der Waals surface area contributed by atoms with Gasteiger partial charge < -0.3 is 10.5 Å². The normalized spacial score (nSPS) is 10.3. The minimum absolute atomic E-state index is 0.0479. The molecule has 1 aromatic carbocycles. The minimum atomic E-state index is -0.678. The third-order valence-corrected chi connectivity index (χ3v) is 2.62. The molecule has 0 fully saturated rings. The summed E-state index contributed by atoms with van der Waals surface area (Å²) < 4.78 is 4.70. The number of pyridine rings is 1. The largest absolute Gasteiger partial charge is 0.465 e. The van der Waals surface area contributed by atoms with Crippen molar-refractivity contribution in [3.8, 4) is 0 Å². The number of carbonyl (C=O) groups is 2. The molecule has 0 aliphatic carbocycles. The first kappa shape index (κ1) is 12.0. The summed E-state index contributed by atoms with van der Waals surface area (Å²) in [6, 6.07) is 6.76. The maximum absolute atomic E-state index is 11.7. The van der Waals surface area contributed by atoms with Gasteiger partial charge in [-0.15, -0.1) is 0 Å². The molecule has 0 saturated carbocycles. The molecule has 18 heavy (non-hydrogen) atoms. The quantitative estimate of drug-likeness (QED) is 0.810. The van der Waals surface area contributed by atoms with Crippen LogP contribution in [-0.2, 0) is 4.74 Å². The summed E-state index contributed by atoms with van der Waals surface area (Å²) in [5.41, 5.74) is 7.06. The highest BCUT2D eigenvalue weighted by Gasteiger charge is 2.15. The van der Waals surface area contributed by atoms with Gasteiger partial charge in [-0.05, 0) is 25.1 Å². The second-order valence-electron chi connectivity index (χ2n) is 3.93. The van der Waals surface area contributed by atoms with E-state index < -0.39 is 11.9 Å². The number of amides is 1. The van der Waals surface area contributed by atoms with Gasteiger partial charge in [0.1, 0.15) is 5.69 Å². The molecular formula is C13H12N2O3. The Kier molecular flexibility index (Phi) is 2.97. The van der Waals surface area contributed by atoms with Gasteiger partial charge in [0, 0.05) is 5.39 Å². The van der Waals surface area contributed by atoms with Gasteiger partial charge in [-0.2, -0.15) is 0 Å². The van der Waals surface area contributed by atoms with Gasteiger partial charge in [0.25, 0.3) is 5.91 Å². The molecule has 5 heteroatoms. The zero-order valence-corrected chi connectivity index (χ0v) is 10.1. The first-order valence-electron chi connectivity index (χ1n) is 5.32. The van der Waals surface area contributed by atoms with E-state index in [9.17, 15) is 9.59 Å². The molecule has 0 unspecified atom stereocenters. The van der Waals surface area contributed by atoms with Gasteiger partial charge >= 0.3 is 5.97 Å². The van der Waals surface area contributed by atoms with Crippen molar-refractivity contribution in [2.45, 2.75) is 6.92 Å². The lowest BCUT2D eigenvalue weighted by atomic mass is 10.1. The molecule has 0 bridgehead atoms. The zero-order valence-electron chi connectivity index (χ0n) is 10.1. The number of nitrogens with two attached hydrogens (primary N) is 1. The highest BCUT2D eigenvalue weighted by atomic mass is 16.5. The Morgan fingerprint density at radius 3 is 2.61 bits per heavy atom. The maximum atomic E-state index is 11.7. The fourth-order valence-electron chi connectivity index (χ4n) is 1.74. The van der Waals surface area contributed by atoms with Gasteiger partial charge in [-0.25, -0.2) is 9.78 Å². The smallest absolute Gasteiger partial charge is 0.338 e. The van der Waals surface area contributed by atoms with Crippen LogP contribution in [0.1, 0.15) is 26.4 Å². The van der Waals surface area contributed by atoms with Crippen LogP contribution in [0.15, 0.2) is 24.3 Å². The molecule has 0 radical (unpaired) electrons. The van der Waals surface area contributed by atoms with E-state index >= 15 is 0 Å². The van der Waals surface area contributed by atoms with E-state index in [0.29, 0.717) is 16.5 Å². The lowest BCUT2D eigenvalue weighted by Crippen LogP contribution is -2.15. The number of rotatable bonds is 2. The van der Waals surface area contributed by atoms with Crippen LogP contribution in [0.25, 0.3) is 10.9 Å². The number of esters is 1. The van der Waals surface area contributed by atoms with E-state index in [2.05, 4.69) is 4.98 Å². The average Bonchev–Trinajstić information content (AvgIpc) is 2.36. The molecule has 1 amide bonds. The van der Waals surface area contributed by atoms with Crippen molar-refractivity contribution in [2.24, 2.45) is 5.73 Å². The number of aromatic nitrogens is 1. The van der Waals surface area contributed by atoms with E-state index in [1.54, 1.807) is 6.07 Å². The Bertz CT molecular complexity index is 650. The SMILES string of the molecule is COC(=O)c1cc(C(N)=O)nc2ccc(C)cc12. The molecule has 2 aromatic rings. The second-order valence-corrected chi connectivity index (χ2v) is 3.93. The molecule has 5 nitrogen and oxygen atoms in total. The molecule has 2 N–H and O–H groups in total. The van der Waals surface area contributed by atoms with Crippen LogP contribution in [0, 0.1) is 6.92 Å². The Hall–Kier alpha value is -2.43. The van der Waals surface area contributed by atoms with E-state index in [-0.39, 0.29) is 5.69 Å². The topological polar surface area (TPSA) is 82.3 Å². The summed E-state index contributed by atoms with van der Waals surface area (Å²) in [5.74, 6) is -1.20. The van der Waals surface area contributed by atoms with Crippen molar-refractivity contribution in [1.29, 1.82) is 0 Å². The monoisotopic (exact) mass is 244 g/mol. The fraction of sp³-hybridized carbons (Fsp3) is 0.154. The average molecular weight is 244 g/mol. The van der Waals surface area contributed by atoms with Crippen molar-refractivity contribution < 1.29 is 14.3 Å². The number of methoxy groups -OCH3 is 1. The molecule has 0 spiro atoms. The molecule has 1 heterocycles. The number of ether oxygens (including phenoxy) is 1. The van der Waals surface area contributed by atoms with Crippen LogP contribution in [-0.4, -0.2) is 24.0 Å². The standard InChI is InChI=1S/C13H12N2O3/c1-7-3-4-10-8(5-7)9(13(17)18-2)6-11(15-10)12(14)16/h3-6H,1-2H3,(H2,14,16). The Morgan fingerprint density at radius 1 is 1.28 bits per heavy atom. The van der Waals surface area contributed by atoms with E-state index in [1.165, 1.54) is 13.2 Å². The number of hydrogen-bond donors (Lipinski definition) is 1. The Balaban J connectivity index is 2.81. The summed E-state index contributed by atoms with van der Waals surface area (Å²) in [4.78, 5) is 27.0. The van der Waals surface area contributed by atoms with Gasteiger partial charge in [-0.3, -0.25) is 4.79 Å². The van der Waals surface area contributed by atoms with Crippen molar-refractivity contribution in [2.75, 3.05) is 7.11 Å². The number of carbonyl (C=O) groups excluding carboxylic acids is 2. The van der Waals surface area contributed by atoms with Crippen LogP contribution in [0.5, 0.6) is 0 Å². The highest BCUT2D eigenvalue weighted by molar-refractivity contribution is 6.06. The molecule has 0 saturated heterocycles. The minimum Gasteiger partial charge on any atom is -0.465 e. The lowest BCUT2D eigenvalue weighted by molar-refractivity contribution is 0.0603. The van der Waals surface area contributed by atoms with Crippen LogP contribution in [0.3, 0.4) is 0 Å². The van der Waals surface area contributed by atoms with E-state index in [4.69, 9.17) is 10.5 Å². The molecular weight excluding hydrogens is 232 g/mol. The number of fused-ring (bicyclic) bond motifs is 1. The first-order valence-corrected chi connectivity index (χ1v) is 5.32. The number of nitrogens with zero attached hydrogens (tertiary/aromatic N) is 1. The first-order chi connectivity index (χ1) is 8.52. The molecule has 92 valence electrons. The van der Waals surface area contributed by atoms with E-state index in [1.807, 2.05) is 19.1 Å². The summed E-state index contributed by atoms with van der Waals surface area (Å²) in [6.45, 7) is 1.91. The number of benzene rings is 1. The highest BCUT2D eigenvalue weighted by Crippen LogP contribution is 2.20. The van der Waals surface area contributed by atoms with Crippen LogP contribution < -0.4 is 5.73 Å². The van der Waals surface area contributed by atoms with Crippen molar-refractivity contribution in [3.05, 3.63) is 41.1 Å². The number of hydrogen-bond acceptors (Lipinski definition) is 4. The summed E-state index contributed by atoms with van der Waals surface area (Å²) >= 11 is 0. The van der Waals surface area contributed by atoms with Crippen molar-refractivity contribution in [3.63, 3.8) is 0 Å². The van der Waals surface area contributed by atoms with E-state index in [0.717, 1.165) is 5.56 Å². The predicted molar refractivity (Wildman–Crippen MR) is 66.3 cm³/mol. The molecule has 0 aliphatic heterocycles. The van der Waals surface area contributed by atoms with Crippen molar-refractivity contribution >= 4 is 22.8 Å². The third kappa shape index (κ3) is 2.02.